The number of piperidine rings is 1. The number of Topliss-reactive ketones (excluding diaryl/α,β-unsaturated/α-hetero) is 1. The monoisotopic (exact) mass is 668 g/mol. The van der Waals surface area contributed by atoms with Crippen LogP contribution in [0.15, 0.2) is 0 Å². The number of nitrogens with zero attached hydrogens (tertiary/aromatic N) is 2. The minimum absolute atomic E-state index is 0.0919. The lowest BCUT2D eigenvalue weighted by atomic mass is 9.85. The average molecular weight is 669 g/mol. The predicted octanol–water partition coefficient (Wildman–Crippen LogP) is 1.43. The highest BCUT2D eigenvalue weighted by Gasteiger charge is 2.70. The first kappa shape index (κ1) is 39.8. The third-order valence-electron chi connectivity index (χ3n) is 9.69. The van der Waals surface area contributed by atoms with Crippen molar-refractivity contribution >= 4 is 42.4 Å². The summed E-state index contributed by atoms with van der Waals surface area (Å²) in [5, 5.41) is 14.4. The van der Waals surface area contributed by atoms with Gasteiger partial charge in [-0.05, 0) is 54.5 Å². The van der Waals surface area contributed by atoms with Crippen molar-refractivity contribution < 1.29 is 24.0 Å². The molecule has 0 aromatic rings. The van der Waals surface area contributed by atoms with Crippen LogP contribution in [0.1, 0.15) is 88.0 Å². The quantitative estimate of drug-likeness (QED) is 0.0949. The fourth-order valence-electron chi connectivity index (χ4n) is 6.47. The second-order valence-corrected chi connectivity index (χ2v) is 16.4. The van der Waals surface area contributed by atoms with Crippen molar-refractivity contribution in [2.75, 3.05) is 40.3 Å². The van der Waals surface area contributed by atoms with Gasteiger partial charge < -0.3 is 31.5 Å². The van der Waals surface area contributed by atoms with Crippen LogP contribution in [-0.2, 0) is 32.0 Å². The molecule has 6 atom stereocenters. The highest BCUT2D eigenvalue weighted by molar-refractivity contribution is 7.55. The number of likely N-dealkylation sites (tertiary alicyclic amines) is 1. The van der Waals surface area contributed by atoms with Crippen LogP contribution < -0.4 is 26.6 Å². The number of hydrogen-bond donors (Lipinski definition) is 5. The number of hydrogen-bond acceptors (Lipinski definition) is 7. The molecule has 46 heavy (non-hydrogen) atoms. The SMILES string of the molecule is CCCCC(NC(=O)[C@@H]1[C@@H]2[C@H](CN1C(=O)[C@@H](NC(=O)N[C@H](CN([SH2+])CCCNC)C(C)(C)C)C(C)(C)C)C2(C)C)C(=O)C(=O)NC. The highest BCUT2D eigenvalue weighted by Crippen LogP contribution is 2.65. The number of likely N-dealkylation sites (N-methyl/N-ethyl adjacent to an activating group) is 1. The molecule has 12 nitrogen and oxygen atoms in total. The molecule has 1 heterocycles. The fraction of sp³-hybridized carbons (Fsp3) is 0.848. The van der Waals surface area contributed by atoms with E-state index in [0.717, 1.165) is 25.9 Å². The molecule has 0 aromatic heterocycles. The summed E-state index contributed by atoms with van der Waals surface area (Å²) in [6, 6.07) is -3.39. The van der Waals surface area contributed by atoms with Gasteiger partial charge in [0.05, 0.1) is 18.6 Å². The Morgan fingerprint density at radius 2 is 1.59 bits per heavy atom. The van der Waals surface area contributed by atoms with E-state index in [4.69, 9.17) is 0 Å². The summed E-state index contributed by atoms with van der Waals surface area (Å²) < 4.78 is 2.00. The molecule has 5 amide bonds. The Morgan fingerprint density at radius 1 is 0.957 bits per heavy atom. The Bertz CT molecular complexity index is 1100. The molecule has 1 saturated heterocycles. The number of fused-ring (bicyclic) bond motifs is 1. The summed E-state index contributed by atoms with van der Waals surface area (Å²) in [6.45, 7) is 20.6. The maximum Gasteiger partial charge on any atom is 0.315 e. The maximum absolute atomic E-state index is 14.3. The Morgan fingerprint density at radius 3 is 2.11 bits per heavy atom. The van der Waals surface area contributed by atoms with E-state index < -0.39 is 47.2 Å². The van der Waals surface area contributed by atoms with E-state index in [2.05, 4.69) is 74.0 Å². The first-order valence-electron chi connectivity index (χ1n) is 16.8. The molecule has 1 saturated carbocycles. The molecule has 2 aliphatic rings. The molecule has 2 fully saturated rings. The van der Waals surface area contributed by atoms with Crippen LogP contribution in [0.4, 0.5) is 4.79 Å². The van der Waals surface area contributed by atoms with Crippen molar-refractivity contribution in [1.82, 2.24) is 35.8 Å². The number of unbranched alkanes of at least 4 members (excludes halogenated alkanes) is 1. The Hall–Kier alpha value is -2.38. The second kappa shape index (κ2) is 16.1. The number of amides is 5. The van der Waals surface area contributed by atoms with Crippen molar-refractivity contribution in [3.63, 3.8) is 0 Å². The predicted molar refractivity (Wildman–Crippen MR) is 185 cm³/mol. The van der Waals surface area contributed by atoms with E-state index >= 15 is 0 Å². The van der Waals surface area contributed by atoms with Gasteiger partial charge in [0.15, 0.2) is 0 Å². The average Bonchev–Trinajstić information content (AvgIpc) is 3.27. The number of nitrogens with one attached hydrogen (secondary N) is 5. The van der Waals surface area contributed by atoms with Crippen LogP contribution in [0.25, 0.3) is 0 Å². The molecule has 5 N–H and O–H groups in total. The summed E-state index contributed by atoms with van der Waals surface area (Å²) in [4.78, 5) is 68.4. The van der Waals surface area contributed by atoms with Crippen LogP contribution >= 0.6 is 0 Å². The van der Waals surface area contributed by atoms with E-state index in [0.29, 0.717) is 25.9 Å². The molecule has 13 heteroatoms. The molecule has 0 aromatic carbocycles. The minimum Gasteiger partial charge on any atom is -0.353 e. The number of ketones is 1. The van der Waals surface area contributed by atoms with Gasteiger partial charge in [0, 0.05) is 33.0 Å². The van der Waals surface area contributed by atoms with Crippen LogP contribution in [0.2, 0.25) is 0 Å². The van der Waals surface area contributed by atoms with E-state index in [1.807, 2.05) is 39.0 Å². The van der Waals surface area contributed by atoms with Gasteiger partial charge in [0.25, 0.3) is 5.91 Å². The van der Waals surface area contributed by atoms with Crippen LogP contribution in [-0.4, -0.2) is 103 Å². The highest BCUT2D eigenvalue weighted by atomic mass is 32.1. The Balaban J connectivity index is 2.28. The van der Waals surface area contributed by atoms with Gasteiger partial charge in [-0.15, -0.1) is 4.31 Å². The number of urea groups is 1. The summed E-state index contributed by atoms with van der Waals surface area (Å²) in [5.41, 5.74) is -1.08. The smallest absolute Gasteiger partial charge is 0.315 e. The summed E-state index contributed by atoms with van der Waals surface area (Å²) in [7, 11) is 3.29. The molecule has 1 aliphatic heterocycles. The first-order valence-corrected chi connectivity index (χ1v) is 17.2. The van der Waals surface area contributed by atoms with E-state index in [1.54, 1.807) is 4.90 Å². The largest absolute Gasteiger partial charge is 0.353 e. The molecule has 2 rings (SSSR count). The minimum atomic E-state index is -0.978. The maximum atomic E-state index is 14.3. The van der Waals surface area contributed by atoms with Gasteiger partial charge in [-0.25, -0.2) is 4.79 Å². The molecule has 0 bridgehead atoms. The summed E-state index contributed by atoms with van der Waals surface area (Å²) in [5.74, 6) is -2.22. The van der Waals surface area contributed by atoms with Gasteiger partial charge in [-0.2, -0.15) is 0 Å². The van der Waals surface area contributed by atoms with Crippen molar-refractivity contribution in [3.8, 4) is 0 Å². The lowest BCUT2D eigenvalue weighted by Gasteiger charge is -2.39. The number of carbonyl (C=O) groups excluding carboxylic acids is 5. The fourth-order valence-corrected chi connectivity index (χ4v) is 6.81. The summed E-state index contributed by atoms with van der Waals surface area (Å²) in [6.07, 6.45) is 2.71. The zero-order chi connectivity index (χ0) is 35.2. The van der Waals surface area contributed by atoms with Crippen molar-refractivity contribution in [1.29, 1.82) is 0 Å². The zero-order valence-electron chi connectivity index (χ0n) is 30.1. The third-order valence-corrected chi connectivity index (χ3v) is 10.1. The molecule has 264 valence electrons. The standard InChI is InChI=1S/C33H61N7O5S/c1-12-13-15-21(25(41)28(43)35-11)36-27(42)24-23-20(33(23,8)9)18-40(24)29(44)26(32(5,6)7)38-30(45)37-22(31(2,3)4)19-39(46)17-14-16-34-10/h20-24,26,34,46H,12-19H2,1-11H3,(H,35,43)(H,36,42)(H2,37,38,45)/p+1/t20-,21?,22+,23-,24-,26+/m0/s1. The lowest BCUT2D eigenvalue weighted by molar-refractivity contribution is -0.145. The van der Waals surface area contributed by atoms with E-state index in [1.165, 1.54) is 7.05 Å². The number of carbonyl (C=O) groups is 5. The molecule has 0 spiro atoms. The lowest BCUT2D eigenvalue weighted by Crippen LogP contribution is -2.62. The van der Waals surface area contributed by atoms with Gasteiger partial charge in [0.2, 0.25) is 17.6 Å². The topological polar surface area (TPSA) is 152 Å². The van der Waals surface area contributed by atoms with Crippen LogP contribution in [0.5, 0.6) is 0 Å². The molecule has 1 aliphatic carbocycles. The van der Waals surface area contributed by atoms with Gasteiger partial charge in [-0.3, -0.25) is 19.2 Å². The molecular weight excluding hydrogens is 606 g/mol. The number of rotatable bonds is 16. The Kier molecular flexibility index (Phi) is 14.0. The zero-order valence-corrected chi connectivity index (χ0v) is 31.1. The second-order valence-electron chi connectivity index (χ2n) is 15.8. The van der Waals surface area contributed by atoms with E-state index in [9.17, 15) is 24.0 Å². The van der Waals surface area contributed by atoms with Gasteiger partial charge >= 0.3 is 6.03 Å². The van der Waals surface area contributed by atoms with Crippen LogP contribution in [0.3, 0.4) is 0 Å². The summed E-state index contributed by atoms with van der Waals surface area (Å²) >= 11 is 3.68. The molecular formula is C33H62N7O5S+. The van der Waals surface area contributed by atoms with E-state index in [-0.39, 0.29) is 34.6 Å². The van der Waals surface area contributed by atoms with Crippen molar-refractivity contribution in [2.45, 2.75) is 112 Å². The van der Waals surface area contributed by atoms with Crippen LogP contribution in [0, 0.1) is 28.1 Å². The molecule has 1 unspecified atom stereocenters. The molecule has 0 radical (unpaired) electrons. The van der Waals surface area contributed by atoms with Crippen molar-refractivity contribution in [2.24, 2.45) is 28.1 Å². The first-order chi connectivity index (χ1) is 21.2. The normalized spacial score (nSPS) is 22.4. The van der Waals surface area contributed by atoms with Crippen molar-refractivity contribution in [3.05, 3.63) is 0 Å². The van der Waals surface area contributed by atoms with Gasteiger partial charge in [-0.1, -0.05) is 75.2 Å². The third kappa shape index (κ3) is 10.1. The van der Waals surface area contributed by atoms with Gasteiger partial charge in [0.1, 0.15) is 12.1 Å². The Labute approximate surface area is 282 Å².